The van der Waals surface area contributed by atoms with Gasteiger partial charge in [-0.2, -0.15) is 10.4 Å². The van der Waals surface area contributed by atoms with Crippen molar-refractivity contribution >= 4 is 19.2 Å². The van der Waals surface area contributed by atoms with E-state index in [9.17, 15) is 19.1 Å². The molecule has 1 unspecified atom stereocenters. The Morgan fingerprint density at radius 3 is 2.22 bits per heavy atom. The quantitative estimate of drug-likeness (QED) is 0.0450. The standard InChI is InChI=1S/C41H64FN6O6P/c1-2-3-4-5-6-7-8-9-10-11-12-13-14-15-16-17-18-19-20-36(51-29-34-25-33(28-43)26-35(42)27-34)30-52-55(49,50)53-31-41(45)24-23-39(54-41)37-21-22-38-40(44)46-32-47-48(37)38/h21-22,25-27,32,36,39H,2-20,23-24,29-31,45H2,1H3,(H,49,50)(H2,44,46,47)/t36-,39+,41-/m0/s1. The number of nitrogens with zero attached hydrogens (tertiary/aromatic N) is 4. The SMILES string of the molecule is CCCCCCCCCCCCCCCCCCCC[C@@H](COP(=O)(O)OC[C@]1(N)CC[C@H](c2ccc3c(N)ncnn23)O1)OCc1cc(F)cc(C#N)c1. The number of halogens is 1. The van der Waals surface area contributed by atoms with Crippen molar-refractivity contribution < 1.29 is 32.4 Å². The van der Waals surface area contributed by atoms with Crippen molar-refractivity contribution in [2.24, 2.45) is 5.73 Å². The van der Waals surface area contributed by atoms with Gasteiger partial charge in [-0.3, -0.25) is 9.05 Å². The van der Waals surface area contributed by atoms with Gasteiger partial charge in [0.1, 0.15) is 36.1 Å². The Kier molecular flexibility index (Phi) is 19.5. The number of phosphoric ester groups is 1. The Morgan fingerprint density at radius 1 is 0.982 bits per heavy atom. The van der Waals surface area contributed by atoms with Crippen LogP contribution in [0.15, 0.2) is 36.7 Å². The molecule has 4 rings (SSSR count). The largest absolute Gasteiger partial charge is 0.472 e. The minimum absolute atomic E-state index is 0.0161. The second-order valence-corrected chi connectivity index (χ2v) is 16.6. The molecule has 0 saturated carbocycles. The Labute approximate surface area is 327 Å². The minimum atomic E-state index is -4.55. The van der Waals surface area contributed by atoms with Crippen molar-refractivity contribution in [3.05, 3.63) is 59.3 Å². The lowest BCUT2D eigenvalue weighted by Crippen LogP contribution is -2.43. The van der Waals surface area contributed by atoms with Crippen LogP contribution in [0.25, 0.3) is 5.52 Å². The van der Waals surface area contributed by atoms with Crippen LogP contribution in [-0.4, -0.2) is 44.5 Å². The number of nitrogens with two attached hydrogens (primary N) is 2. The summed E-state index contributed by atoms with van der Waals surface area (Å²) in [5, 5.41) is 13.5. The molecule has 1 aliphatic heterocycles. The first kappa shape index (κ1) is 44.8. The van der Waals surface area contributed by atoms with Crippen LogP contribution in [0.4, 0.5) is 10.2 Å². The average molecular weight is 787 g/mol. The summed E-state index contributed by atoms with van der Waals surface area (Å²) in [5.74, 6) is -0.192. The van der Waals surface area contributed by atoms with E-state index in [1.807, 2.05) is 12.1 Å². The summed E-state index contributed by atoms with van der Waals surface area (Å²) in [4.78, 5) is 14.6. The predicted molar refractivity (Wildman–Crippen MR) is 212 cm³/mol. The summed E-state index contributed by atoms with van der Waals surface area (Å²) in [6.45, 7) is 1.69. The molecule has 4 atom stereocenters. The van der Waals surface area contributed by atoms with Crippen LogP contribution in [0, 0.1) is 17.1 Å². The highest BCUT2D eigenvalue weighted by Gasteiger charge is 2.41. The number of ether oxygens (including phenoxy) is 2. The van der Waals surface area contributed by atoms with E-state index in [1.165, 1.54) is 109 Å². The highest BCUT2D eigenvalue weighted by Crippen LogP contribution is 2.46. The molecule has 14 heteroatoms. The molecule has 0 radical (unpaired) electrons. The van der Waals surface area contributed by atoms with Gasteiger partial charge in [0.05, 0.1) is 36.6 Å². The molecular formula is C41H64FN6O6P. The van der Waals surface area contributed by atoms with Crippen molar-refractivity contribution in [1.82, 2.24) is 14.6 Å². The smallest absolute Gasteiger partial charge is 0.382 e. The number of phosphoric acid groups is 1. The number of hydrogen-bond acceptors (Lipinski definition) is 10. The molecule has 2 aromatic heterocycles. The van der Waals surface area contributed by atoms with Gasteiger partial charge in [0.15, 0.2) is 5.82 Å². The number of anilines is 1. The van der Waals surface area contributed by atoms with E-state index in [2.05, 4.69) is 17.0 Å². The number of benzene rings is 1. The van der Waals surface area contributed by atoms with Gasteiger partial charge in [0.25, 0.3) is 0 Å². The Morgan fingerprint density at radius 2 is 1.60 bits per heavy atom. The maximum absolute atomic E-state index is 14.1. The third-order valence-corrected chi connectivity index (χ3v) is 11.3. The van der Waals surface area contributed by atoms with Gasteiger partial charge in [-0.15, -0.1) is 0 Å². The van der Waals surface area contributed by atoms with Crippen molar-refractivity contribution in [1.29, 1.82) is 5.26 Å². The molecule has 1 aromatic carbocycles. The summed E-state index contributed by atoms with van der Waals surface area (Å²) in [6.07, 6.45) is 24.8. The zero-order chi connectivity index (χ0) is 39.4. The average Bonchev–Trinajstić information content (AvgIpc) is 3.79. The third-order valence-electron chi connectivity index (χ3n) is 10.4. The molecule has 5 N–H and O–H groups in total. The molecule has 12 nitrogen and oxygen atoms in total. The Balaban J connectivity index is 1.14. The molecule has 0 bridgehead atoms. The van der Waals surface area contributed by atoms with E-state index >= 15 is 0 Å². The van der Waals surface area contributed by atoms with E-state index in [0.717, 1.165) is 31.0 Å². The molecule has 1 aliphatic rings. The predicted octanol–water partition coefficient (Wildman–Crippen LogP) is 9.98. The van der Waals surface area contributed by atoms with E-state index in [-0.39, 0.29) is 25.4 Å². The zero-order valence-electron chi connectivity index (χ0n) is 32.8. The van der Waals surface area contributed by atoms with Crippen molar-refractivity contribution in [3.8, 4) is 6.07 Å². The molecule has 0 aliphatic carbocycles. The van der Waals surface area contributed by atoms with Crippen molar-refractivity contribution in [2.75, 3.05) is 18.9 Å². The van der Waals surface area contributed by atoms with E-state index in [4.69, 9.17) is 30.0 Å². The van der Waals surface area contributed by atoms with Crippen LogP contribution in [0.1, 0.15) is 165 Å². The van der Waals surface area contributed by atoms with Crippen LogP contribution < -0.4 is 11.5 Å². The van der Waals surface area contributed by atoms with Gasteiger partial charge in [-0.1, -0.05) is 122 Å². The summed E-state index contributed by atoms with van der Waals surface area (Å²) in [7, 11) is -4.55. The molecule has 3 aromatic rings. The summed E-state index contributed by atoms with van der Waals surface area (Å²) in [6, 6.07) is 9.62. The monoisotopic (exact) mass is 786 g/mol. The summed E-state index contributed by atoms with van der Waals surface area (Å²) < 4.78 is 51.6. The lowest BCUT2D eigenvalue weighted by molar-refractivity contribution is -0.0739. The number of nitriles is 1. The summed E-state index contributed by atoms with van der Waals surface area (Å²) >= 11 is 0. The fourth-order valence-electron chi connectivity index (χ4n) is 7.21. The molecule has 55 heavy (non-hydrogen) atoms. The fourth-order valence-corrected chi connectivity index (χ4v) is 8.02. The topological polar surface area (TPSA) is 180 Å². The summed E-state index contributed by atoms with van der Waals surface area (Å²) in [5.41, 5.74) is 13.1. The minimum Gasteiger partial charge on any atom is -0.382 e. The maximum Gasteiger partial charge on any atom is 0.472 e. The molecule has 3 heterocycles. The van der Waals surface area contributed by atoms with Crippen LogP contribution in [-0.2, 0) is 29.7 Å². The number of nitrogen functional groups attached to an aromatic ring is 1. The van der Waals surface area contributed by atoms with Crippen LogP contribution in [0.5, 0.6) is 0 Å². The van der Waals surface area contributed by atoms with E-state index in [0.29, 0.717) is 36.2 Å². The first-order valence-electron chi connectivity index (χ1n) is 20.6. The molecular weight excluding hydrogens is 722 g/mol. The molecule has 0 spiro atoms. The second-order valence-electron chi connectivity index (χ2n) is 15.1. The van der Waals surface area contributed by atoms with Gasteiger partial charge in [0.2, 0.25) is 0 Å². The van der Waals surface area contributed by atoms with Gasteiger partial charge in [-0.25, -0.2) is 18.5 Å². The fraction of sp³-hybridized carbons (Fsp3) is 0.683. The normalized spacial score (nSPS) is 18.8. The Bertz CT molecular complexity index is 1650. The van der Waals surface area contributed by atoms with Gasteiger partial charge in [-0.05, 0) is 55.2 Å². The zero-order valence-corrected chi connectivity index (χ0v) is 33.7. The maximum atomic E-state index is 14.1. The second kappa shape index (κ2) is 24.0. The number of hydrogen-bond donors (Lipinski definition) is 3. The molecule has 1 saturated heterocycles. The van der Waals surface area contributed by atoms with Gasteiger partial charge < -0.3 is 25.8 Å². The number of unbranched alkanes of at least 4 members (excludes halogenated alkanes) is 17. The highest BCUT2D eigenvalue weighted by atomic mass is 31.2. The van der Waals surface area contributed by atoms with Crippen LogP contribution >= 0.6 is 7.82 Å². The molecule has 0 amide bonds. The van der Waals surface area contributed by atoms with Crippen LogP contribution in [0.3, 0.4) is 0 Å². The van der Waals surface area contributed by atoms with E-state index in [1.54, 1.807) is 16.6 Å². The number of fused-ring (bicyclic) bond motifs is 1. The highest BCUT2D eigenvalue weighted by molar-refractivity contribution is 7.47. The molecule has 306 valence electrons. The Hall–Kier alpha value is -2.95. The van der Waals surface area contributed by atoms with Gasteiger partial charge >= 0.3 is 7.82 Å². The van der Waals surface area contributed by atoms with Gasteiger partial charge in [0, 0.05) is 0 Å². The number of rotatable bonds is 29. The lowest BCUT2D eigenvalue weighted by atomic mass is 10.0. The van der Waals surface area contributed by atoms with Crippen LogP contribution in [0.2, 0.25) is 0 Å². The third kappa shape index (κ3) is 16.2. The first-order valence-corrected chi connectivity index (χ1v) is 22.1. The molecule has 1 fully saturated rings. The number of aromatic nitrogens is 3. The van der Waals surface area contributed by atoms with Crippen molar-refractivity contribution in [2.45, 2.75) is 166 Å². The van der Waals surface area contributed by atoms with Crippen molar-refractivity contribution in [3.63, 3.8) is 0 Å². The van der Waals surface area contributed by atoms with E-state index < -0.39 is 31.6 Å². The first-order chi connectivity index (χ1) is 26.6. The lowest BCUT2D eigenvalue weighted by Gasteiger charge is -2.26.